The lowest BCUT2D eigenvalue weighted by atomic mass is 10.0. The average molecular weight is 291 g/mol. The second kappa shape index (κ2) is 4.54. The van der Waals surface area contributed by atoms with E-state index < -0.39 is 11.9 Å². The SMILES string of the molecule is FC(F)(F)c1cccc(N2C3CCC2CC(Cl)C3)n1. The van der Waals surface area contributed by atoms with E-state index in [4.69, 9.17) is 11.6 Å². The molecule has 0 saturated carbocycles. The molecule has 0 aliphatic carbocycles. The third-order valence-electron chi connectivity index (χ3n) is 3.96. The molecular weight excluding hydrogens is 277 g/mol. The van der Waals surface area contributed by atoms with E-state index in [1.54, 1.807) is 6.07 Å². The van der Waals surface area contributed by atoms with Gasteiger partial charge in [-0.05, 0) is 37.8 Å². The smallest absolute Gasteiger partial charge is 0.351 e. The number of piperidine rings is 1. The van der Waals surface area contributed by atoms with E-state index in [0.29, 0.717) is 5.82 Å². The van der Waals surface area contributed by atoms with Crippen LogP contribution < -0.4 is 4.90 Å². The van der Waals surface area contributed by atoms with Crippen LogP contribution in [0.15, 0.2) is 18.2 Å². The predicted molar refractivity (Wildman–Crippen MR) is 67.4 cm³/mol. The van der Waals surface area contributed by atoms with Crippen LogP contribution in [0.25, 0.3) is 0 Å². The first-order valence-electron chi connectivity index (χ1n) is 6.42. The summed E-state index contributed by atoms with van der Waals surface area (Å²) in [4.78, 5) is 5.83. The molecule has 2 fully saturated rings. The van der Waals surface area contributed by atoms with Crippen LogP contribution in [0.4, 0.5) is 19.0 Å². The maximum Gasteiger partial charge on any atom is 0.433 e. The van der Waals surface area contributed by atoms with Crippen molar-refractivity contribution in [2.45, 2.75) is 49.3 Å². The van der Waals surface area contributed by atoms with Gasteiger partial charge in [0, 0.05) is 17.5 Å². The van der Waals surface area contributed by atoms with Crippen LogP contribution in [-0.2, 0) is 6.18 Å². The summed E-state index contributed by atoms with van der Waals surface area (Å²) in [5.41, 5.74) is -0.822. The number of pyridine rings is 1. The minimum Gasteiger partial charge on any atom is -0.351 e. The number of hydrogen-bond donors (Lipinski definition) is 0. The summed E-state index contributed by atoms with van der Waals surface area (Å²) in [5.74, 6) is 0.436. The summed E-state index contributed by atoms with van der Waals surface area (Å²) in [7, 11) is 0. The highest BCUT2D eigenvalue weighted by atomic mass is 35.5. The largest absolute Gasteiger partial charge is 0.433 e. The summed E-state index contributed by atoms with van der Waals surface area (Å²) >= 11 is 6.18. The Bertz CT molecular complexity index is 463. The molecule has 0 N–H and O–H groups in total. The van der Waals surface area contributed by atoms with Gasteiger partial charge in [-0.3, -0.25) is 0 Å². The van der Waals surface area contributed by atoms with Gasteiger partial charge in [0.15, 0.2) is 0 Å². The minimum absolute atomic E-state index is 0.138. The van der Waals surface area contributed by atoms with Gasteiger partial charge < -0.3 is 4.90 Å². The monoisotopic (exact) mass is 290 g/mol. The van der Waals surface area contributed by atoms with E-state index in [1.165, 1.54) is 6.07 Å². The minimum atomic E-state index is -4.39. The van der Waals surface area contributed by atoms with Gasteiger partial charge in [0.1, 0.15) is 11.5 Å². The zero-order valence-corrected chi connectivity index (χ0v) is 11.0. The van der Waals surface area contributed by atoms with Gasteiger partial charge in [0.25, 0.3) is 0 Å². The van der Waals surface area contributed by atoms with Crippen LogP contribution in [-0.4, -0.2) is 22.4 Å². The lowest BCUT2D eigenvalue weighted by Gasteiger charge is -2.38. The summed E-state index contributed by atoms with van der Waals surface area (Å²) < 4.78 is 38.1. The highest BCUT2D eigenvalue weighted by molar-refractivity contribution is 6.20. The van der Waals surface area contributed by atoms with E-state index >= 15 is 0 Å². The molecule has 3 rings (SSSR count). The standard InChI is InChI=1S/C13H14ClF3N2/c14-8-6-9-4-5-10(7-8)19(9)12-3-1-2-11(18-12)13(15,16)17/h1-3,8-10H,4-7H2. The van der Waals surface area contributed by atoms with Gasteiger partial charge in [0.05, 0.1) is 0 Å². The van der Waals surface area contributed by atoms with Crippen molar-refractivity contribution < 1.29 is 13.2 Å². The number of alkyl halides is 4. The third kappa shape index (κ3) is 2.40. The molecule has 3 heterocycles. The van der Waals surface area contributed by atoms with Crippen LogP contribution in [0.2, 0.25) is 0 Å². The summed E-state index contributed by atoms with van der Waals surface area (Å²) in [5, 5.41) is 0.138. The third-order valence-corrected chi connectivity index (χ3v) is 4.32. The Morgan fingerprint density at radius 3 is 2.37 bits per heavy atom. The maximum atomic E-state index is 12.7. The zero-order valence-electron chi connectivity index (χ0n) is 10.2. The summed E-state index contributed by atoms with van der Waals surface area (Å²) in [6.45, 7) is 0. The predicted octanol–water partition coefficient (Wildman–Crippen LogP) is 3.84. The highest BCUT2D eigenvalue weighted by Gasteiger charge is 2.41. The fraction of sp³-hybridized carbons (Fsp3) is 0.615. The van der Waals surface area contributed by atoms with Crippen molar-refractivity contribution >= 4 is 17.4 Å². The normalized spacial score (nSPS) is 30.7. The second-order valence-corrected chi connectivity index (χ2v) is 5.86. The highest BCUT2D eigenvalue weighted by Crippen LogP contribution is 2.41. The molecule has 1 aromatic rings. The van der Waals surface area contributed by atoms with E-state index in [0.717, 1.165) is 31.7 Å². The molecule has 6 heteroatoms. The fourth-order valence-corrected chi connectivity index (χ4v) is 3.62. The number of hydrogen-bond acceptors (Lipinski definition) is 2. The molecule has 2 atom stereocenters. The molecule has 2 aliphatic rings. The van der Waals surface area contributed by atoms with Crippen molar-refractivity contribution in [3.05, 3.63) is 23.9 Å². The topological polar surface area (TPSA) is 16.1 Å². The lowest BCUT2D eigenvalue weighted by molar-refractivity contribution is -0.141. The van der Waals surface area contributed by atoms with Crippen LogP contribution >= 0.6 is 11.6 Å². The van der Waals surface area contributed by atoms with Crippen molar-refractivity contribution in [1.82, 2.24) is 4.98 Å². The van der Waals surface area contributed by atoms with Gasteiger partial charge in [0.2, 0.25) is 0 Å². The molecule has 104 valence electrons. The summed E-state index contributed by atoms with van der Waals surface area (Å²) in [6.07, 6.45) is -0.747. The van der Waals surface area contributed by atoms with E-state index in [9.17, 15) is 13.2 Å². The number of anilines is 1. The molecule has 2 nitrogen and oxygen atoms in total. The van der Waals surface area contributed by atoms with Gasteiger partial charge >= 0.3 is 6.18 Å². The Morgan fingerprint density at radius 1 is 1.16 bits per heavy atom. The Hall–Kier alpha value is -0.970. The molecule has 0 amide bonds. The maximum absolute atomic E-state index is 12.7. The number of fused-ring (bicyclic) bond motifs is 2. The van der Waals surface area contributed by atoms with Crippen molar-refractivity contribution in [2.75, 3.05) is 4.90 Å². The van der Waals surface area contributed by atoms with Gasteiger partial charge in [-0.25, -0.2) is 4.98 Å². The fourth-order valence-electron chi connectivity index (χ4n) is 3.21. The van der Waals surface area contributed by atoms with Gasteiger partial charge in [-0.1, -0.05) is 6.07 Å². The van der Waals surface area contributed by atoms with Crippen molar-refractivity contribution in [3.63, 3.8) is 0 Å². The van der Waals surface area contributed by atoms with Crippen LogP contribution in [0.3, 0.4) is 0 Å². The Labute approximate surface area is 114 Å². The lowest BCUT2D eigenvalue weighted by Crippen LogP contribution is -2.44. The molecule has 2 aliphatic heterocycles. The molecule has 0 radical (unpaired) electrons. The Kier molecular flexibility index (Phi) is 3.12. The quantitative estimate of drug-likeness (QED) is 0.731. The Morgan fingerprint density at radius 2 is 1.79 bits per heavy atom. The van der Waals surface area contributed by atoms with E-state index in [1.807, 2.05) is 4.90 Å². The zero-order chi connectivity index (χ0) is 13.6. The summed E-state index contributed by atoms with van der Waals surface area (Å²) in [6, 6.07) is 4.57. The molecule has 19 heavy (non-hydrogen) atoms. The molecule has 2 bridgehead atoms. The van der Waals surface area contributed by atoms with Gasteiger partial charge in [-0.2, -0.15) is 13.2 Å². The molecule has 2 saturated heterocycles. The van der Waals surface area contributed by atoms with E-state index in [-0.39, 0.29) is 17.5 Å². The molecule has 2 unspecified atom stereocenters. The van der Waals surface area contributed by atoms with Gasteiger partial charge in [-0.15, -0.1) is 11.6 Å². The van der Waals surface area contributed by atoms with Crippen LogP contribution in [0.5, 0.6) is 0 Å². The molecular formula is C13H14ClF3N2. The number of halogens is 4. The van der Waals surface area contributed by atoms with Crippen LogP contribution in [0.1, 0.15) is 31.4 Å². The molecule has 1 aromatic heterocycles. The van der Waals surface area contributed by atoms with E-state index in [2.05, 4.69) is 4.98 Å². The molecule has 0 spiro atoms. The average Bonchev–Trinajstić information content (AvgIpc) is 2.61. The van der Waals surface area contributed by atoms with Crippen molar-refractivity contribution in [3.8, 4) is 0 Å². The Balaban J connectivity index is 1.91. The first-order valence-corrected chi connectivity index (χ1v) is 6.85. The van der Waals surface area contributed by atoms with Crippen molar-refractivity contribution in [1.29, 1.82) is 0 Å². The number of nitrogens with zero attached hydrogens (tertiary/aromatic N) is 2. The second-order valence-electron chi connectivity index (χ2n) is 5.24. The first kappa shape index (κ1) is 13.0. The molecule has 0 aromatic carbocycles. The van der Waals surface area contributed by atoms with Crippen molar-refractivity contribution in [2.24, 2.45) is 0 Å². The first-order chi connectivity index (χ1) is 8.95. The number of rotatable bonds is 1. The van der Waals surface area contributed by atoms with Crippen LogP contribution in [0, 0.1) is 0 Å². The number of aromatic nitrogens is 1.